The lowest BCUT2D eigenvalue weighted by Gasteiger charge is -2.30. The number of hydrogen-bond acceptors (Lipinski definition) is 6. The van der Waals surface area contributed by atoms with Crippen LogP contribution < -0.4 is 10.2 Å². The maximum atomic E-state index is 12.0. The van der Waals surface area contributed by atoms with E-state index in [1.165, 1.54) is 13.1 Å². The largest absolute Gasteiger partial charge is 0.462 e. The Morgan fingerprint density at radius 3 is 2.76 bits per heavy atom. The molecule has 0 aliphatic carbocycles. The molecule has 2 heterocycles. The second-order valence-corrected chi connectivity index (χ2v) is 4.59. The van der Waals surface area contributed by atoms with Crippen LogP contribution in [0.5, 0.6) is 0 Å². The van der Waals surface area contributed by atoms with E-state index in [9.17, 15) is 9.59 Å². The number of pyridine rings is 1. The third-order valence-corrected chi connectivity index (χ3v) is 3.03. The summed E-state index contributed by atoms with van der Waals surface area (Å²) in [5, 5.41) is 2.62. The summed E-state index contributed by atoms with van der Waals surface area (Å²) in [4.78, 5) is 29.3. The van der Waals surface area contributed by atoms with Gasteiger partial charge in [0.2, 0.25) is 5.91 Å². The van der Waals surface area contributed by atoms with E-state index in [4.69, 9.17) is 9.47 Å². The number of hydrogen-bond donors (Lipinski definition) is 1. The summed E-state index contributed by atoms with van der Waals surface area (Å²) in [6.07, 6.45) is 1.44. The molecular weight excluding hydrogens is 274 g/mol. The smallest absolute Gasteiger partial charge is 0.341 e. The zero-order chi connectivity index (χ0) is 15.2. The summed E-state index contributed by atoms with van der Waals surface area (Å²) in [5.41, 5.74) is 1.10. The predicted octanol–water partition coefficient (Wildman–Crippen LogP) is 1.05. The topological polar surface area (TPSA) is 80.8 Å². The number of aromatic nitrogens is 1. The predicted molar refractivity (Wildman–Crippen MR) is 77.5 cm³/mol. The molecule has 0 radical (unpaired) electrons. The fraction of sp³-hybridized carbons (Fsp3) is 0.500. The van der Waals surface area contributed by atoms with Gasteiger partial charge in [-0.2, -0.15) is 0 Å². The van der Waals surface area contributed by atoms with Gasteiger partial charge in [-0.15, -0.1) is 0 Å². The Labute approximate surface area is 123 Å². The highest BCUT2D eigenvalue weighted by Crippen LogP contribution is 2.25. The van der Waals surface area contributed by atoms with Gasteiger partial charge in [-0.3, -0.25) is 4.79 Å². The van der Waals surface area contributed by atoms with Crippen LogP contribution in [-0.4, -0.2) is 49.8 Å². The third kappa shape index (κ3) is 3.91. The monoisotopic (exact) mass is 293 g/mol. The summed E-state index contributed by atoms with van der Waals surface area (Å²) in [6, 6.07) is 1.69. The van der Waals surface area contributed by atoms with Crippen molar-refractivity contribution in [1.29, 1.82) is 0 Å². The van der Waals surface area contributed by atoms with Crippen molar-refractivity contribution in [3.05, 3.63) is 17.8 Å². The van der Waals surface area contributed by atoms with Crippen LogP contribution in [0.1, 0.15) is 24.2 Å². The van der Waals surface area contributed by atoms with Gasteiger partial charge in [0.15, 0.2) is 0 Å². The van der Waals surface area contributed by atoms with E-state index in [0.717, 1.165) is 0 Å². The van der Waals surface area contributed by atoms with Crippen LogP contribution in [0.2, 0.25) is 0 Å². The van der Waals surface area contributed by atoms with Crippen LogP contribution >= 0.6 is 0 Å². The van der Waals surface area contributed by atoms with E-state index < -0.39 is 5.97 Å². The Bertz CT molecular complexity index is 527. The molecule has 114 valence electrons. The van der Waals surface area contributed by atoms with Gasteiger partial charge >= 0.3 is 5.97 Å². The standard InChI is InChI=1S/C14H19N3O4/c1-3-21-14(19)11-9-15-13(16-10(2)18)8-12(11)17-4-6-20-7-5-17/h8-9H,3-7H2,1-2H3,(H,15,16,18). The van der Waals surface area contributed by atoms with Gasteiger partial charge in [0.25, 0.3) is 0 Å². The number of carbonyl (C=O) groups excluding carboxylic acids is 2. The molecule has 1 saturated heterocycles. The number of anilines is 2. The van der Waals surface area contributed by atoms with Crippen molar-refractivity contribution >= 4 is 23.4 Å². The Morgan fingerprint density at radius 2 is 2.14 bits per heavy atom. The van der Waals surface area contributed by atoms with Gasteiger partial charge in [-0.1, -0.05) is 0 Å². The Hall–Kier alpha value is -2.15. The van der Waals surface area contributed by atoms with E-state index >= 15 is 0 Å². The molecule has 1 fully saturated rings. The maximum Gasteiger partial charge on any atom is 0.341 e. The molecule has 0 spiro atoms. The van der Waals surface area contributed by atoms with Crippen molar-refractivity contribution < 1.29 is 19.1 Å². The molecule has 21 heavy (non-hydrogen) atoms. The zero-order valence-electron chi connectivity index (χ0n) is 12.2. The molecular formula is C14H19N3O4. The first-order chi connectivity index (χ1) is 10.1. The van der Waals surface area contributed by atoms with Gasteiger partial charge in [-0.25, -0.2) is 9.78 Å². The van der Waals surface area contributed by atoms with Gasteiger partial charge < -0.3 is 19.7 Å². The van der Waals surface area contributed by atoms with Crippen molar-refractivity contribution in [2.24, 2.45) is 0 Å². The second-order valence-electron chi connectivity index (χ2n) is 4.59. The fourth-order valence-electron chi connectivity index (χ4n) is 2.13. The minimum absolute atomic E-state index is 0.209. The van der Waals surface area contributed by atoms with Gasteiger partial charge in [0.1, 0.15) is 11.4 Å². The summed E-state index contributed by atoms with van der Waals surface area (Å²) in [6.45, 7) is 6.02. The molecule has 1 N–H and O–H groups in total. The molecule has 1 amide bonds. The highest BCUT2D eigenvalue weighted by Gasteiger charge is 2.21. The van der Waals surface area contributed by atoms with Gasteiger partial charge in [0.05, 0.1) is 25.5 Å². The molecule has 0 atom stereocenters. The molecule has 0 unspecified atom stereocenters. The summed E-state index contributed by atoms with van der Waals surface area (Å²) in [7, 11) is 0. The lowest BCUT2D eigenvalue weighted by Crippen LogP contribution is -2.37. The minimum Gasteiger partial charge on any atom is -0.462 e. The molecule has 2 rings (SSSR count). The Kier molecular flexibility index (Phi) is 5.10. The molecule has 1 aliphatic rings. The van der Waals surface area contributed by atoms with Crippen LogP contribution in [0.15, 0.2) is 12.3 Å². The zero-order valence-corrected chi connectivity index (χ0v) is 12.2. The van der Waals surface area contributed by atoms with Crippen LogP contribution in [0.4, 0.5) is 11.5 Å². The number of rotatable bonds is 4. The molecule has 0 saturated carbocycles. The van der Waals surface area contributed by atoms with E-state index in [1.807, 2.05) is 4.90 Å². The van der Waals surface area contributed by atoms with Gasteiger partial charge in [-0.05, 0) is 6.92 Å². The van der Waals surface area contributed by atoms with Crippen molar-refractivity contribution in [1.82, 2.24) is 4.98 Å². The maximum absolute atomic E-state index is 12.0. The number of nitrogens with one attached hydrogen (secondary N) is 1. The number of ether oxygens (including phenoxy) is 2. The average Bonchev–Trinajstić information content (AvgIpc) is 2.47. The fourth-order valence-corrected chi connectivity index (χ4v) is 2.13. The molecule has 7 nitrogen and oxygen atoms in total. The van der Waals surface area contributed by atoms with Crippen LogP contribution in [0, 0.1) is 0 Å². The summed E-state index contributed by atoms with van der Waals surface area (Å²) < 4.78 is 10.4. The van der Waals surface area contributed by atoms with Crippen LogP contribution in [-0.2, 0) is 14.3 Å². The number of carbonyl (C=O) groups is 2. The first-order valence-corrected chi connectivity index (χ1v) is 6.89. The SMILES string of the molecule is CCOC(=O)c1cnc(NC(C)=O)cc1N1CCOCC1. The average molecular weight is 293 g/mol. The van der Waals surface area contributed by atoms with Crippen LogP contribution in [0.3, 0.4) is 0 Å². The minimum atomic E-state index is -0.416. The lowest BCUT2D eigenvalue weighted by molar-refractivity contribution is -0.114. The van der Waals surface area contributed by atoms with E-state index in [-0.39, 0.29) is 5.91 Å². The number of nitrogens with zero attached hydrogens (tertiary/aromatic N) is 2. The molecule has 7 heteroatoms. The van der Waals surface area contributed by atoms with Gasteiger partial charge in [0, 0.05) is 32.3 Å². The molecule has 1 aromatic heterocycles. The second kappa shape index (κ2) is 7.03. The van der Waals surface area contributed by atoms with Crippen molar-refractivity contribution in [3.8, 4) is 0 Å². The number of amides is 1. The molecule has 1 aromatic rings. The van der Waals surface area contributed by atoms with Crippen molar-refractivity contribution in [2.45, 2.75) is 13.8 Å². The lowest BCUT2D eigenvalue weighted by atomic mass is 10.2. The Morgan fingerprint density at radius 1 is 1.43 bits per heavy atom. The summed E-state index contributed by atoms with van der Waals surface area (Å²) >= 11 is 0. The first-order valence-electron chi connectivity index (χ1n) is 6.89. The molecule has 0 bridgehead atoms. The number of morpholine rings is 1. The molecule has 0 aromatic carbocycles. The van der Waals surface area contributed by atoms with E-state index in [1.54, 1.807) is 13.0 Å². The summed E-state index contributed by atoms with van der Waals surface area (Å²) in [5.74, 6) is -0.211. The van der Waals surface area contributed by atoms with Crippen molar-refractivity contribution in [3.63, 3.8) is 0 Å². The third-order valence-electron chi connectivity index (χ3n) is 3.03. The quantitative estimate of drug-likeness (QED) is 0.836. The highest BCUT2D eigenvalue weighted by atomic mass is 16.5. The van der Waals surface area contributed by atoms with Crippen LogP contribution in [0.25, 0.3) is 0 Å². The van der Waals surface area contributed by atoms with Crippen molar-refractivity contribution in [2.75, 3.05) is 43.1 Å². The van der Waals surface area contributed by atoms with E-state index in [0.29, 0.717) is 50.0 Å². The normalized spacial score (nSPS) is 14.7. The first kappa shape index (κ1) is 15.2. The molecule has 1 aliphatic heterocycles. The number of esters is 1. The Balaban J connectivity index is 2.33. The van der Waals surface area contributed by atoms with E-state index in [2.05, 4.69) is 10.3 Å². The highest BCUT2D eigenvalue weighted by molar-refractivity contribution is 5.97.